The lowest BCUT2D eigenvalue weighted by Crippen LogP contribution is -2.11. The van der Waals surface area contributed by atoms with Crippen LogP contribution in [0.5, 0.6) is 0 Å². The zero-order valence-corrected chi connectivity index (χ0v) is 33.2. The van der Waals surface area contributed by atoms with E-state index < -0.39 is 0 Å². The highest BCUT2D eigenvalue weighted by molar-refractivity contribution is 6.23. The monoisotopic (exact) mass is 778 g/mol. The molecule has 0 amide bonds. The van der Waals surface area contributed by atoms with Crippen LogP contribution in [0.4, 0.5) is 17.1 Å². The molecule has 0 aliphatic carbocycles. The SMILES string of the molecule is c1ccc(-c2ccc(N(c3ccc4c(c3)oc3c(-c5ccc6c7ccccc7n(-c7ccccc7)c6c5)cc5ccccc5c34)c3ccccc3-c3ccccc3)cc2)cc1. The van der Waals surface area contributed by atoms with Gasteiger partial charge in [-0.3, -0.25) is 0 Å². The first kappa shape index (κ1) is 34.9. The number of hydrogen-bond donors (Lipinski definition) is 0. The molecule has 0 bridgehead atoms. The fourth-order valence-corrected chi connectivity index (χ4v) is 9.35. The minimum absolute atomic E-state index is 0.840. The molecule has 0 spiro atoms. The first-order valence-corrected chi connectivity index (χ1v) is 20.8. The Morgan fingerprint density at radius 2 is 0.951 bits per heavy atom. The highest BCUT2D eigenvalue weighted by Crippen LogP contribution is 2.46. The second-order valence-electron chi connectivity index (χ2n) is 15.7. The van der Waals surface area contributed by atoms with Crippen LogP contribution in [-0.2, 0) is 0 Å². The summed E-state index contributed by atoms with van der Waals surface area (Å²) >= 11 is 0. The minimum Gasteiger partial charge on any atom is -0.455 e. The van der Waals surface area contributed by atoms with E-state index in [0.29, 0.717) is 0 Å². The van der Waals surface area contributed by atoms with Crippen molar-refractivity contribution in [3.05, 3.63) is 231 Å². The Labute approximate surface area is 353 Å². The van der Waals surface area contributed by atoms with Gasteiger partial charge in [-0.25, -0.2) is 0 Å². The number of hydrogen-bond acceptors (Lipinski definition) is 2. The van der Waals surface area contributed by atoms with Crippen molar-refractivity contribution in [3.8, 4) is 39.1 Å². The van der Waals surface area contributed by atoms with Crippen LogP contribution >= 0.6 is 0 Å². The van der Waals surface area contributed by atoms with Gasteiger partial charge in [0.15, 0.2) is 0 Å². The molecule has 0 N–H and O–H groups in total. The van der Waals surface area contributed by atoms with Gasteiger partial charge in [0, 0.05) is 55.8 Å². The van der Waals surface area contributed by atoms with Gasteiger partial charge in [-0.2, -0.15) is 0 Å². The normalized spacial score (nSPS) is 11.6. The number of furan rings is 1. The van der Waals surface area contributed by atoms with Gasteiger partial charge in [-0.05, 0) is 93.7 Å². The molecule has 10 aromatic carbocycles. The van der Waals surface area contributed by atoms with Crippen LogP contribution in [0.2, 0.25) is 0 Å². The third-order valence-corrected chi connectivity index (χ3v) is 12.2. The molecule has 3 nitrogen and oxygen atoms in total. The molecule has 12 rings (SSSR count). The number of aromatic nitrogens is 1. The fraction of sp³-hybridized carbons (Fsp3) is 0. The fourth-order valence-electron chi connectivity index (χ4n) is 9.35. The summed E-state index contributed by atoms with van der Waals surface area (Å²) in [5, 5.41) is 7.03. The van der Waals surface area contributed by atoms with E-state index in [9.17, 15) is 0 Å². The smallest absolute Gasteiger partial charge is 0.143 e. The van der Waals surface area contributed by atoms with E-state index >= 15 is 0 Å². The van der Waals surface area contributed by atoms with Gasteiger partial charge in [0.05, 0.1) is 16.7 Å². The van der Waals surface area contributed by atoms with Crippen LogP contribution < -0.4 is 4.90 Å². The molecule has 3 heteroatoms. The average Bonchev–Trinajstić information content (AvgIpc) is 3.88. The molecule has 2 heterocycles. The maximum absolute atomic E-state index is 7.15. The summed E-state index contributed by atoms with van der Waals surface area (Å²) in [6.07, 6.45) is 0. The largest absolute Gasteiger partial charge is 0.455 e. The minimum atomic E-state index is 0.840. The summed E-state index contributed by atoms with van der Waals surface area (Å²) in [5.41, 5.74) is 15.2. The van der Waals surface area contributed by atoms with E-state index in [0.717, 1.165) is 72.5 Å². The van der Waals surface area contributed by atoms with E-state index in [1.54, 1.807) is 0 Å². The maximum Gasteiger partial charge on any atom is 0.143 e. The molecular formula is C58H38N2O. The Kier molecular flexibility index (Phi) is 8.17. The van der Waals surface area contributed by atoms with Gasteiger partial charge in [0.25, 0.3) is 0 Å². The number of nitrogens with zero attached hydrogens (tertiary/aromatic N) is 2. The number of anilines is 3. The van der Waals surface area contributed by atoms with E-state index in [1.165, 1.54) is 38.2 Å². The van der Waals surface area contributed by atoms with Crippen LogP contribution in [0.25, 0.3) is 93.6 Å². The molecule has 0 saturated heterocycles. The van der Waals surface area contributed by atoms with Crippen LogP contribution in [0.3, 0.4) is 0 Å². The molecular weight excluding hydrogens is 741 g/mol. The summed E-state index contributed by atoms with van der Waals surface area (Å²) in [4.78, 5) is 2.36. The predicted octanol–water partition coefficient (Wildman–Crippen LogP) is 16.3. The molecule has 0 fully saturated rings. The van der Waals surface area contributed by atoms with E-state index in [1.807, 2.05) is 0 Å². The lowest BCUT2D eigenvalue weighted by atomic mass is 9.95. The third-order valence-electron chi connectivity index (χ3n) is 12.2. The standard InChI is InChI=1S/C58H38N2O/c1-4-16-39(17-5-1)40-28-31-45(32-29-40)59(53-26-14-12-23-47(53)41-18-6-2-7-19-41)46-33-35-51-56(38-46)61-58-52(36-42-20-10-11-24-48(42)57(51)58)43-30-34-50-49-25-13-15-27-54(49)60(55(50)37-43)44-21-8-3-9-22-44/h1-38H. The van der Waals surface area contributed by atoms with E-state index in [2.05, 4.69) is 240 Å². The van der Waals surface area contributed by atoms with Crippen molar-refractivity contribution in [2.45, 2.75) is 0 Å². The highest BCUT2D eigenvalue weighted by atomic mass is 16.3. The molecule has 12 aromatic rings. The first-order chi connectivity index (χ1) is 30.3. The Morgan fingerprint density at radius 3 is 1.75 bits per heavy atom. The molecule has 61 heavy (non-hydrogen) atoms. The quantitative estimate of drug-likeness (QED) is 0.161. The van der Waals surface area contributed by atoms with Gasteiger partial charge in [0.2, 0.25) is 0 Å². The van der Waals surface area contributed by atoms with Gasteiger partial charge in [-0.1, -0.05) is 164 Å². The first-order valence-electron chi connectivity index (χ1n) is 20.8. The Balaban J connectivity index is 1.07. The molecule has 0 atom stereocenters. The summed E-state index contributed by atoms with van der Waals surface area (Å²) < 4.78 is 9.53. The third kappa shape index (κ3) is 5.82. The van der Waals surface area contributed by atoms with Crippen molar-refractivity contribution < 1.29 is 4.42 Å². The van der Waals surface area contributed by atoms with Gasteiger partial charge in [0.1, 0.15) is 11.2 Å². The van der Waals surface area contributed by atoms with Crippen LogP contribution in [-0.4, -0.2) is 4.57 Å². The average molecular weight is 779 g/mol. The lowest BCUT2D eigenvalue weighted by Gasteiger charge is -2.28. The van der Waals surface area contributed by atoms with Crippen molar-refractivity contribution >= 4 is 71.6 Å². The second kappa shape index (κ2) is 14.3. The Hall–Kier alpha value is -8.14. The van der Waals surface area contributed by atoms with Crippen LogP contribution in [0, 0.1) is 0 Å². The molecule has 0 aliphatic heterocycles. The van der Waals surface area contributed by atoms with Crippen molar-refractivity contribution in [3.63, 3.8) is 0 Å². The molecule has 0 radical (unpaired) electrons. The summed E-state index contributed by atoms with van der Waals surface area (Å²) in [6.45, 7) is 0. The number of para-hydroxylation sites is 3. The molecule has 0 unspecified atom stereocenters. The van der Waals surface area contributed by atoms with E-state index in [4.69, 9.17) is 4.42 Å². The molecule has 286 valence electrons. The predicted molar refractivity (Wildman–Crippen MR) is 257 cm³/mol. The van der Waals surface area contributed by atoms with Crippen molar-refractivity contribution in [2.75, 3.05) is 4.90 Å². The zero-order chi connectivity index (χ0) is 40.3. The van der Waals surface area contributed by atoms with Crippen LogP contribution in [0.15, 0.2) is 235 Å². The maximum atomic E-state index is 7.15. The lowest BCUT2D eigenvalue weighted by molar-refractivity contribution is 0.670. The number of rotatable bonds is 7. The molecule has 2 aromatic heterocycles. The summed E-state index contributed by atoms with van der Waals surface area (Å²) in [6, 6.07) is 82.7. The second-order valence-corrected chi connectivity index (χ2v) is 15.7. The topological polar surface area (TPSA) is 21.3 Å². The number of benzene rings is 10. The van der Waals surface area contributed by atoms with Gasteiger partial charge in [-0.15, -0.1) is 0 Å². The summed E-state index contributed by atoms with van der Waals surface area (Å²) in [5.74, 6) is 0. The van der Waals surface area contributed by atoms with E-state index in [-0.39, 0.29) is 0 Å². The number of fused-ring (bicyclic) bond motifs is 8. The zero-order valence-electron chi connectivity index (χ0n) is 33.2. The van der Waals surface area contributed by atoms with Gasteiger partial charge < -0.3 is 13.9 Å². The van der Waals surface area contributed by atoms with Crippen LogP contribution in [0.1, 0.15) is 0 Å². The summed E-state index contributed by atoms with van der Waals surface area (Å²) in [7, 11) is 0. The van der Waals surface area contributed by atoms with Crippen molar-refractivity contribution in [1.29, 1.82) is 0 Å². The molecule has 0 saturated carbocycles. The molecule has 0 aliphatic rings. The highest BCUT2D eigenvalue weighted by Gasteiger charge is 2.22. The Morgan fingerprint density at radius 1 is 0.361 bits per heavy atom. The van der Waals surface area contributed by atoms with Gasteiger partial charge >= 0.3 is 0 Å². The van der Waals surface area contributed by atoms with Crippen molar-refractivity contribution in [1.82, 2.24) is 4.57 Å². The Bertz CT molecular complexity index is 3570. The van der Waals surface area contributed by atoms with Crippen molar-refractivity contribution in [2.24, 2.45) is 0 Å².